The molecule has 4 aromatic rings. The predicted octanol–water partition coefficient (Wildman–Crippen LogP) is 8.91. The lowest BCUT2D eigenvalue weighted by atomic mass is 9.90. The van der Waals surface area contributed by atoms with Crippen LogP contribution in [0.2, 0.25) is 0 Å². The van der Waals surface area contributed by atoms with Gasteiger partial charge in [0.15, 0.2) is 6.29 Å². The lowest BCUT2D eigenvalue weighted by molar-refractivity contribution is -0.195. The minimum absolute atomic E-state index is 0.187. The van der Waals surface area contributed by atoms with Crippen LogP contribution in [-0.2, 0) is 27.9 Å². The normalized spacial score (nSPS) is 12.9. The molecule has 0 fully saturated rings. The van der Waals surface area contributed by atoms with Crippen LogP contribution in [0.4, 0.5) is 0 Å². The Labute approximate surface area is 228 Å². The average molecular weight is 508 g/mol. The van der Waals surface area contributed by atoms with Gasteiger partial charge in [-0.05, 0) is 92.5 Å². The van der Waals surface area contributed by atoms with Crippen molar-refractivity contribution in [2.45, 2.75) is 71.7 Å². The maximum Gasteiger partial charge on any atom is 0.158 e. The van der Waals surface area contributed by atoms with E-state index in [0.717, 1.165) is 43.3 Å². The highest BCUT2D eigenvalue weighted by atomic mass is 16.7. The molecule has 1 unspecified atom stereocenters. The molecule has 0 bridgehead atoms. The summed E-state index contributed by atoms with van der Waals surface area (Å²) in [6.07, 6.45) is 9.11. The molecular formula is C35H41NO2. The number of nitrogens with zero attached hydrogens (tertiary/aromatic N) is 1. The summed E-state index contributed by atoms with van der Waals surface area (Å²) >= 11 is 0. The number of methoxy groups -OCH3 is 1. The van der Waals surface area contributed by atoms with Crippen LogP contribution in [-0.4, -0.2) is 18.4 Å². The van der Waals surface area contributed by atoms with Gasteiger partial charge in [-0.15, -0.1) is 0 Å². The molecule has 0 aliphatic heterocycles. The van der Waals surface area contributed by atoms with E-state index in [9.17, 15) is 0 Å². The van der Waals surface area contributed by atoms with Crippen LogP contribution in [0.3, 0.4) is 0 Å². The number of fused-ring (bicyclic) bond motifs is 1. The summed E-state index contributed by atoms with van der Waals surface area (Å²) in [5, 5.41) is 1.17. The van der Waals surface area contributed by atoms with Crippen LogP contribution < -0.4 is 0 Å². The highest BCUT2D eigenvalue weighted by molar-refractivity contribution is 5.81. The van der Waals surface area contributed by atoms with E-state index in [1.807, 2.05) is 0 Å². The van der Waals surface area contributed by atoms with Crippen LogP contribution in [0.5, 0.6) is 0 Å². The molecule has 0 saturated heterocycles. The van der Waals surface area contributed by atoms with Gasteiger partial charge in [-0.2, -0.15) is 0 Å². The fourth-order valence-corrected chi connectivity index (χ4v) is 5.03. The Morgan fingerprint density at radius 1 is 0.895 bits per heavy atom. The summed E-state index contributed by atoms with van der Waals surface area (Å²) in [7, 11) is 1.73. The molecule has 198 valence electrons. The van der Waals surface area contributed by atoms with Crippen molar-refractivity contribution in [3.63, 3.8) is 0 Å². The molecule has 0 N–H and O–H groups in total. The van der Waals surface area contributed by atoms with E-state index < -0.39 is 5.60 Å². The smallest absolute Gasteiger partial charge is 0.158 e. The Bertz CT molecular complexity index is 1370. The van der Waals surface area contributed by atoms with Crippen molar-refractivity contribution in [1.29, 1.82) is 0 Å². The highest BCUT2D eigenvalue weighted by Gasteiger charge is 2.27. The van der Waals surface area contributed by atoms with Gasteiger partial charge < -0.3 is 9.47 Å². The lowest BCUT2D eigenvalue weighted by Gasteiger charge is -2.32. The number of pyridine rings is 1. The molecule has 0 spiro atoms. The first-order chi connectivity index (χ1) is 18.4. The molecule has 1 atom stereocenters. The number of aromatic nitrogens is 1. The van der Waals surface area contributed by atoms with Gasteiger partial charge in [0.2, 0.25) is 0 Å². The number of aryl methyl sites for hydroxylation is 3. The number of rotatable bonds is 12. The van der Waals surface area contributed by atoms with Crippen LogP contribution >= 0.6 is 0 Å². The molecule has 3 nitrogen and oxygen atoms in total. The van der Waals surface area contributed by atoms with E-state index in [4.69, 9.17) is 14.5 Å². The van der Waals surface area contributed by atoms with Crippen molar-refractivity contribution >= 4 is 23.1 Å². The van der Waals surface area contributed by atoms with Gasteiger partial charge in [-0.25, -0.2) is 4.98 Å². The summed E-state index contributed by atoms with van der Waals surface area (Å²) in [5.41, 5.74) is 7.97. The van der Waals surface area contributed by atoms with Crippen molar-refractivity contribution in [2.75, 3.05) is 7.11 Å². The Morgan fingerprint density at radius 2 is 1.71 bits per heavy atom. The second kappa shape index (κ2) is 13.0. The average Bonchev–Trinajstić information content (AvgIpc) is 2.92. The fourth-order valence-electron chi connectivity index (χ4n) is 5.03. The van der Waals surface area contributed by atoms with Gasteiger partial charge in [0, 0.05) is 12.5 Å². The Kier molecular flexibility index (Phi) is 9.49. The molecule has 3 aromatic carbocycles. The fraction of sp³-hybridized carbons (Fsp3) is 0.343. The van der Waals surface area contributed by atoms with Crippen LogP contribution in [0, 0.1) is 6.92 Å². The first kappa shape index (κ1) is 27.8. The molecule has 0 saturated carbocycles. The third-order valence-corrected chi connectivity index (χ3v) is 7.06. The molecule has 1 aromatic heterocycles. The van der Waals surface area contributed by atoms with Crippen molar-refractivity contribution < 1.29 is 9.47 Å². The standard InChI is InChI=1S/C35H41NO2/c1-6-11-34(37-5)38-35(3,4)32-17-8-7-15-29(32)16-10-14-27-12-9-13-28(25-27)19-22-31-23-21-30-20-18-26(2)24-33(30)36-31/h7-9,12-13,15,17-25,34H,6,10-11,14,16H2,1-5H3/b22-19+. The topological polar surface area (TPSA) is 31.4 Å². The Hall–Kier alpha value is -3.27. The molecule has 0 aliphatic rings. The predicted molar refractivity (Wildman–Crippen MR) is 160 cm³/mol. The zero-order chi connectivity index (χ0) is 27.0. The largest absolute Gasteiger partial charge is 0.356 e. The first-order valence-electron chi connectivity index (χ1n) is 13.8. The van der Waals surface area contributed by atoms with Crippen LogP contribution in [0.25, 0.3) is 23.1 Å². The second-order valence-corrected chi connectivity index (χ2v) is 10.6. The SMILES string of the molecule is CCCC(OC)OC(C)(C)c1ccccc1CCCc1cccc(/C=C/c2ccc3ccc(C)cc3n2)c1. The number of ether oxygens (including phenoxy) is 2. The molecule has 0 amide bonds. The van der Waals surface area contributed by atoms with E-state index in [2.05, 4.69) is 119 Å². The second-order valence-electron chi connectivity index (χ2n) is 10.6. The van der Waals surface area contributed by atoms with E-state index in [1.54, 1.807) is 7.11 Å². The minimum Gasteiger partial charge on any atom is -0.356 e. The van der Waals surface area contributed by atoms with Crippen molar-refractivity contribution in [2.24, 2.45) is 0 Å². The maximum atomic E-state index is 6.39. The number of benzene rings is 3. The van der Waals surface area contributed by atoms with Gasteiger partial charge in [0.25, 0.3) is 0 Å². The van der Waals surface area contributed by atoms with E-state index >= 15 is 0 Å². The zero-order valence-corrected chi connectivity index (χ0v) is 23.5. The monoisotopic (exact) mass is 507 g/mol. The minimum atomic E-state index is -0.410. The number of hydrogen-bond donors (Lipinski definition) is 0. The number of hydrogen-bond acceptors (Lipinski definition) is 3. The molecule has 38 heavy (non-hydrogen) atoms. The van der Waals surface area contributed by atoms with E-state index in [0.29, 0.717) is 0 Å². The third kappa shape index (κ3) is 7.40. The summed E-state index contributed by atoms with van der Waals surface area (Å²) in [5.74, 6) is 0. The highest BCUT2D eigenvalue weighted by Crippen LogP contribution is 2.31. The summed E-state index contributed by atoms with van der Waals surface area (Å²) < 4.78 is 12.0. The molecule has 0 aliphatic carbocycles. The van der Waals surface area contributed by atoms with Crippen molar-refractivity contribution in [3.05, 3.63) is 112 Å². The molecule has 3 heteroatoms. The van der Waals surface area contributed by atoms with E-state index in [-0.39, 0.29) is 6.29 Å². The Morgan fingerprint density at radius 3 is 2.53 bits per heavy atom. The third-order valence-electron chi connectivity index (χ3n) is 7.06. The van der Waals surface area contributed by atoms with Gasteiger partial charge in [0.1, 0.15) is 0 Å². The van der Waals surface area contributed by atoms with Gasteiger partial charge in [0.05, 0.1) is 16.8 Å². The lowest BCUT2D eigenvalue weighted by Crippen LogP contribution is -2.30. The first-order valence-corrected chi connectivity index (χ1v) is 13.8. The van der Waals surface area contributed by atoms with Gasteiger partial charge in [-0.3, -0.25) is 0 Å². The van der Waals surface area contributed by atoms with E-state index in [1.165, 1.54) is 33.2 Å². The summed E-state index contributed by atoms with van der Waals surface area (Å²) in [6.45, 7) is 8.55. The zero-order valence-electron chi connectivity index (χ0n) is 23.5. The Balaban J connectivity index is 1.40. The van der Waals surface area contributed by atoms with Crippen LogP contribution in [0.1, 0.15) is 73.5 Å². The maximum absolute atomic E-state index is 6.39. The van der Waals surface area contributed by atoms with Crippen LogP contribution in [0.15, 0.2) is 78.9 Å². The van der Waals surface area contributed by atoms with Crippen molar-refractivity contribution in [3.8, 4) is 0 Å². The molecular weight excluding hydrogens is 466 g/mol. The quantitative estimate of drug-likeness (QED) is 0.179. The van der Waals surface area contributed by atoms with Crippen molar-refractivity contribution in [1.82, 2.24) is 4.98 Å². The summed E-state index contributed by atoms with van der Waals surface area (Å²) in [6, 6.07) is 28.1. The van der Waals surface area contributed by atoms with Gasteiger partial charge in [-0.1, -0.05) is 86.2 Å². The van der Waals surface area contributed by atoms with Gasteiger partial charge >= 0.3 is 0 Å². The summed E-state index contributed by atoms with van der Waals surface area (Å²) in [4.78, 5) is 4.81. The molecule has 1 heterocycles. The molecule has 0 radical (unpaired) electrons. The molecule has 4 rings (SSSR count).